The second-order valence-electron chi connectivity index (χ2n) is 6.58. The SMILES string of the molecule is Cc1cccc(C(=O)N2CCN(S(=O)(=O)c3ccc4c(c3)OCO4)CC2)c1. The predicted molar refractivity (Wildman–Crippen MR) is 98.4 cm³/mol. The van der Waals surface area contributed by atoms with E-state index < -0.39 is 10.0 Å². The second-order valence-corrected chi connectivity index (χ2v) is 8.52. The van der Waals surface area contributed by atoms with Gasteiger partial charge in [0, 0.05) is 37.8 Å². The van der Waals surface area contributed by atoms with Crippen LogP contribution in [0.2, 0.25) is 0 Å². The van der Waals surface area contributed by atoms with Gasteiger partial charge in [0.1, 0.15) is 0 Å². The minimum Gasteiger partial charge on any atom is -0.454 e. The molecule has 0 aliphatic carbocycles. The Morgan fingerprint density at radius 1 is 0.963 bits per heavy atom. The van der Waals surface area contributed by atoms with E-state index in [2.05, 4.69) is 0 Å². The molecule has 2 heterocycles. The topological polar surface area (TPSA) is 76.2 Å². The molecule has 1 amide bonds. The van der Waals surface area contributed by atoms with Gasteiger partial charge >= 0.3 is 0 Å². The first kappa shape index (κ1) is 17.8. The summed E-state index contributed by atoms with van der Waals surface area (Å²) >= 11 is 0. The molecule has 2 aromatic rings. The van der Waals surface area contributed by atoms with Crippen LogP contribution in [-0.4, -0.2) is 56.5 Å². The van der Waals surface area contributed by atoms with Gasteiger partial charge in [-0.2, -0.15) is 4.31 Å². The molecule has 0 unspecified atom stereocenters. The Kier molecular flexibility index (Phi) is 4.53. The van der Waals surface area contributed by atoms with Crippen molar-refractivity contribution in [2.24, 2.45) is 0 Å². The lowest BCUT2D eigenvalue weighted by atomic mass is 10.1. The fourth-order valence-corrected chi connectivity index (χ4v) is 4.72. The highest BCUT2D eigenvalue weighted by molar-refractivity contribution is 7.89. The van der Waals surface area contributed by atoms with E-state index in [9.17, 15) is 13.2 Å². The number of rotatable bonds is 3. The molecule has 142 valence electrons. The van der Waals surface area contributed by atoms with E-state index in [1.807, 2.05) is 25.1 Å². The monoisotopic (exact) mass is 388 g/mol. The van der Waals surface area contributed by atoms with Crippen LogP contribution >= 0.6 is 0 Å². The van der Waals surface area contributed by atoms with E-state index in [0.29, 0.717) is 30.2 Å². The molecule has 2 aliphatic heterocycles. The number of ether oxygens (including phenoxy) is 2. The number of sulfonamides is 1. The number of benzene rings is 2. The van der Waals surface area contributed by atoms with E-state index in [1.165, 1.54) is 16.4 Å². The highest BCUT2D eigenvalue weighted by atomic mass is 32.2. The Hall–Kier alpha value is -2.58. The number of carbonyl (C=O) groups is 1. The van der Waals surface area contributed by atoms with Crippen molar-refractivity contribution < 1.29 is 22.7 Å². The molecule has 0 spiro atoms. The molecule has 0 atom stereocenters. The first-order valence-corrected chi connectivity index (χ1v) is 10.1. The van der Waals surface area contributed by atoms with Crippen LogP contribution in [0.4, 0.5) is 0 Å². The highest BCUT2D eigenvalue weighted by Gasteiger charge is 2.31. The van der Waals surface area contributed by atoms with Gasteiger partial charge in [-0.05, 0) is 31.2 Å². The second kappa shape index (κ2) is 6.86. The van der Waals surface area contributed by atoms with Gasteiger partial charge in [0.2, 0.25) is 16.8 Å². The quantitative estimate of drug-likeness (QED) is 0.802. The zero-order valence-corrected chi connectivity index (χ0v) is 15.7. The summed E-state index contributed by atoms with van der Waals surface area (Å²) in [4.78, 5) is 14.5. The average molecular weight is 388 g/mol. The highest BCUT2D eigenvalue weighted by Crippen LogP contribution is 2.34. The van der Waals surface area contributed by atoms with Crippen LogP contribution in [0.1, 0.15) is 15.9 Å². The zero-order chi connectivity index (χ0) is 19.0. The maximum Gasteiger partial charge on any atom is 0.253 e. The van der Waals surface area contributed by atoms with Gasteiger partial charge in [0.05, 0.1) is 4.90 Å². The van der Waals surface area contributed by atoms with Crippen molar-refractivity contribution in [1.82, 2.24) is 9.21 Å². The third kappa shape index (κ3) is 3.38. The first-order valence-electron chi connectivity index (χ1n) is 8.71. The number of nitrogens with zero attached hydrogens (tertiary/aromatic N) is 2. The lowest BCUT2D eigenvalue weighted by molar-refractivity contribution is 0.0698. The molecule has 0 radical (unpaired) electrons. The molecule has 27 heavy (non-hydrogen) atoms. The fraction of sp³-hybridized carbons (Fsp3) is 0.316. The molecule has 2 aliphatic rings. The van der Waals surface area contributed by atoms with Crippen molar-refractivity contribution >= 4 is 15.9 Å². The Bertz CT molecular complexity index is 981. The Morgan fingerprint density at radius 2 is 1.70 bits per heavy atom. The Balaban J connectivity index is 1.46. The molecule has 8 heteroatoms. The Labute approximate surface area is 158 Å². The molecule has 7 nitrogen and oxygen atoms in total. The van der Waals surface area contributed by atoms with Crippen molar-refractivity contribution in [2.45, 2.75) is 11.8 Å². The van der Waals surface area contributed by atoms with Crippen LogP contribution < -0.4 is 9.47 Å². The van der Waals surface area contributed by atoms with Crippen LogP contribution in [0.3, 0.4) is 0 Å². The lowest BCUT2D eigenvalue weighted by Gasteiger charge is -2.34. The maximum atomic E-state index is 12.9. The van der Waals surface area contributed by atoms with E-state index in [1.54, 1.807) is 17.0 Å². The summed E-state index contributed by atoms with van der Waals surface area (Å²) in [5, 5.41) is 0. The van der Waals surface area contributed by atoms with Gasteiger partial charge in [-0.25, -0.2) is 8.42 Å². The van der Waals surface area contributed by atoms with Gasteiger partial charge in [-0.15, -0.1) is 0 Å². The number of hydrogen-bond donors (Lipinski definition) is 0. The third-order valence-electron chi connectivity index (χ3n) is 4.77. The van der Waals surface area contributed by atoms with Crippen LogP contribution in [0, 0.1) is 6.92 Å². The molecule has 0 bridgehead atoms. The molecule has 1 saturated heterocycles. The number of piperazine rings is 1. The average Bonchev–Trinajstić information content (AvgIpc) is 3.15. The smallest absolute Gasteiger partial charge is 0.253 e. The van der Waals surface area contributed by atoms with Gasteiger partial charge in [-0.3, -0.25) is 4.79 Å². The summed E-state index contributed by atoms with van der Waals surface area (Å²) in [5.74, 6) is 0.908. The first-order chi connectivity index (χ1) is 12.9. The normalized spacial score (nSPS) is 17.1. The fourth-order valence-electron chi connectivity index (χ4n) is 3.28. The number of amides is 1. The molecule has 0 N–H and O–H groups in total. The van der Waals surface area contributed by atoms with Crippen molar-refractivity contribution in [1.29, 1.82) is 0 Å². The maximum absolute atomic E-state index is 12.9. The zero-order valence-electron chi connectivity index (χ0n) is 14.9. The van der Waals surface area contributed by atoms with E-state index in [4.69, 9.17) is 9.47 Å². The van der Waals surface area contributed by atoms with Gasteiger partial charge in [0.15, 0.2) is 11.5 Å². The molecule has 0 aromatic heterocycles. The molecule has 2 aromatic carbocycles. The third-order valence-corrected chi connectivity index (χ3v) is 6.67. The van der Waals surface area contributed by atoms with Crippen LogP contribution in [0.15, 0.2) is 47.4 Å². The van der Waals surface area contributed by atoms with E-state index >= 15 is 0 Å². The number of hydrogen-bond acceptors (Lipinski definition) is 5. The largest absolute Gasteiger partial charge is 0.454 e. The van der Waals surface area contributed by atoms with Gasteiger partial charge in [0.25, 0.3) is 5.91 Å². The molecule has 1 fully saturated rings. The number of fused-ring (bicyclic) bond motifs is 1. The van der Waals surface area contributed by atoms with Crippen molar-refractivity contribution in [3.05, 3.63) is 53.6 Å². The van der Waals surface area contributed by atoms with Crippen molar-refractivity contribution in [3.63, 3.8) is 0 Å². The lowest BCUT2D eigenvalue weighted by Crippen LogP contribution is -2.50. The summed E-state index contributed by atoms with van der Waals surface area (Å²) in [6.07, 6.45) is 0. The minimum absolute atomic E-state index is 0.0705. The van der Waals surface area contributed by atoms with Crippen molar-refractivity contribution in [3.8, 4) is 11.5 Å². The summed E-state index contributed by atoms with van der Waals surface area (Å²) < 4.78 is 37.7. The summed E-state index contributed by atoms with van der Waals surface area (Å²) in [5.41, 5.74) is 1.65. The molecule has 0 saturated carbocycles. The van der Waals surface area contributed by atoms with E-state index in [-0.39, 0.29) is 30.7 Å². The van der Waals surface area contributed by atoms with E-state index in [0.717, 1.165) is 5.56 Å². The van der Waals surface area contributed by atoms with Gasteiger partial charge < -0.3 is 14.4 Å². The minimum atomic E-state index is -3.64. The standard InChI is InChI=1S/C19H20N2O5S/c1-14-3-2-4-15(11-14)19(22)20-7-9-21(10-8-20)27(23,24)16-5-6-17-18(12-16)26-13-25-17/h2-6,11-12H,7-10,13H2,1H3. The number of carbonyl (C=O) groups excluding carboxylic acids is 1. The predicted octanol–water partition coefficient (Wildman–Crippen LogP) is 1.87. The van der Waals surface area contributed by atoms with Crippen molar-refractivity contribution in [2.75, 3.05) is 33.0 Å². The van der Waals surface area contributed by atoms with Gasteiger partial charge in [-0.1, -0.05) is 17.7 Å². The van der Waals surface area contributed by atoms with Crippen LogP contribution in [-0.2, 0) is 10.0 Å². The molecule has 4 rings (SSSR count). The van der Waals surface area contributed by atoms with Crippen LogP contribution in [0.5, 0.6) is 11.5 Å². The molecular formula is C19H20N2O5S. The Morgan fingerprint density at radius 3 is 2.44 bits per heavy atom. The van der Waals surface area contributed by atoms with Crippen LogP contribution in [0.25, 0.3) is 0 Å². The molecular weight excluding hydrogens is 368 g/mol. The summed E-state index contributed by atoms with van der Waals surface area (Å²) in [6, 6.07) is 12.0. The summed E-state index contributed by atoms with van der Waals surface area (Å²) in [7, 11) is -3.64. The number of aryl methyl sites for hydroxylation is 1. The summed E-state index contributed by atoms with van der Waals surface area (Å²) in [6.45, 7) is 3.26.